The molecular weight excluding hydrogens is 310 g/mol. The van der Waals surface area contributed by atoms with Crippen LogP contribution in [0.5, 0.6) is 0 Å². The lowest BCUT2D eigenvalue weighted by Gasteiger charge is -2.25. The number of nitrogens with zero attached hydrogens (tertiary/aromatic N) is 2. The predicted octanol–water partition coefficient (Wildman–Crippen LogP) is 2.70. The second kappa shape index (κ2) is 7.21. The van der Waals surface area contributed by atoms with E-state index in [0.717, 1.165) is 24.3 Å². The highest BCUT2D eigenvalue weighted by Crippen LogP contribution is 2.28. The summed E-state index contributed by atoms with van der Waals surface area (Å²) in [6.07, 6.45) is 0. The van der Waals surface area contributed by atoms with E-state index in [-0.39, 0.29) is 5.91 Å². The van der Waals surface area contributed by atoms with Gasteiger partial charge in [0.2, 0.25) is 5.91 Å². The van der Waals surface area contributed by atoms with Gasteiger partial charge in [-0.1, -0.05) is 17.7 Å². The van der Waals surface area contributed by atoms with E-state index in [4.69, 9.17) is 4.74 Å². The Morgan fingerprint density at radius 2 is 2.13 bits per heavy atom. The van der Waals surface area contributed by atoms with Gasteiger partial charge in [-0.25, -0.2) is 4.98 Å². The Hall–Kier alpha value is -1.76. The zero-order valence-corrected chi connectivity index (χ0v) is 14.3. The molecule has 6 heteroatoms. The molecule has 1 fully saturated rings. The van der Waals surface area contributed by atoms with Gasteiger partial charge >= 0.3 is 0 Å². The Morgan fingerprint density at radius 1 is 1.35 bits per heavy atom. The molecule has 5 nitrogen and oxygen atoms in total. The molecule has 122 valence electrons. The predicted molar refractivity (Wildman–Crippen MR) is 92.9 cm³/mol. The van der Waals surface area contributed by atoms with E-state index in [1.165, 1.54) is 22.5 Å². The van der Waals surface area contributed by atoms with E-state index in [1.54, 1.807) is 0 Å². The molecule has 1 N–H and O–H groups in total. The van der Waals surface area contributed by atoms with E-state index in [2.05, 4.69) is 47.2 Å². The molecule has 0 unspecified atom stereocenters. The van der Waals surface area contributed by atoms with Gasteiger partial charge in [0.05, 0.1) is 25.5 Å². The topological polar surface area (TPSA) is 54.5 Å². The Kier molecular flexibility index (Phi) is 5.05. The third kappa shape index (κ3) is 4.16. The van der Waals surface area contributed by atoms with E-state index in [1.807, 2.05) is 5.38 Å². The molecule has 2 aromatic rings. The summed E-state index contributed by atoms with van der Waals surface area (Å²) in [5.41, 5.74) is 4.43. The number of rotatable bonds is 4. The average Bonchev–Trinajstić information content (AvgIpc) is 2.98. The molecule has 0 radical (unpaired) electrons. The van der Waals surface area contributed by atoms with Crippen LogP contribution < -0.4 is 5.32 Å². The summed E-state index contributed by atoms with van der Waals surface area (Å²) in [4.78, 5) is 18.8. The first kappa shape index (κ1) is 16.1. The van der Waals surface area contributed by atoms with Crippen molar-refractivity contribution >= 4 is 22.4 Å². The molecule has 1 aromatic heterocycles. The van der Waals surface area contributed by atoms with Crippen LogP contribution in [-0.4, -0.2) is 48.6 Å². The zero-order valence-electron chi connectivity index (χ0n) is 13.5. The number of nitrogens with one attached hydrogen (secondary N) is 1. The van der Waals surface area contributed by atoms with Crippen molar-refractivity contribution in [2.75, 3.05) is 38.2 Å². The Balaban J connectivity index is 1.64. The van der Waals surface area contributed by atoms with Gasteiger partial charge in [-0.15, -0.1) is 11.3 Å². The lowest BCUT2D eigenvalue weighted by Crippen LogP contribution is -2.41. The van der Waals surface area contributed by atoms with E-state index < -0.39 is 0 Å². The number of aromatic nitrogens is 1. The summed E-state index contributed by atoms with van der Waals surface area (Å²) in [7, 11) is 0. The number of thiazole rings is 1. The van der Waals surface area contributed by atoms with Gasteiger partial charge in [-0.3, -0.25) is 9.69 Å². The third-order valence-corrected chi connectivity index (χ3v) is 4.65. The van der Waals surface area contributed by atoms with Crippen LogP contribution in [0, 0.1) is 13.8 Å². The van der Waals surface area contributed by atoms with Crippen molar-refractivity contribution in [2.24, 2.45) is 0 Å². The second-order valence-corrected chi connectivity index (χ2v) is 6.65. The van der Waals surface area contributed by atoms with E-state index >= 15 is 0 Å². The highest BCUT2D eigenvalue weighted by atomic mass is 32.1. The lowest BCUT2D eigenvalue weighted by molar-refractivity contribution is -0.118. The molecule has 0 spiro atoms. The van der Waals surface area contributed by atoms with Gasteiger partial charge in [0.15, 0.2) is 5.13 Å². The van der Waals surface area contributed by atoms with Crippen LogP contribution in [0.3, 0.4) is 0 Å². The van der Waals surface area contributed by atoms with Crippen LogP contribution in [0.1, 0.15) is 11.1 Å². The molecule has 1 aliphatic heterocycles. The summed E-state index contributed by atoms with van der Waals surface area (Å²) in [6.45, 7) is 7.54. The van der Waals surface area contributed by atoms with Crippen molar-refractivity contribution in [2.45, 2.75) is 13.8 Å². The van der Waals surface area contributed by atoms with Crippen molar-refractivity contribution in [3.8, 4) is 11.3 Å². The molecule has 1 amide bonds. The standard InChI is InChI=1S/C17H21N3O2S/c1-12-3-4-13(2)14(9-12)15-11-23-17(18-15)19-16(21)10-20-5-7-22-8-6-20/h3-4,9,11H,5-8,10H2,1-2H3,(H,18,19,21). The van der Waals surface area contributed by atoms with Crippen LogP contribution in [0.2, 0.25) is 0 Å². The van der Waals surface area contributed by atoms with Crippen LogP contribution in [0.15, 0.2) is 23.6 Å². The van der Waals surface area contributed by atoms with Crippen molar-refractivity contribution in [3.63, 3.8) is 0 Å². The molecule has 0 saturated carbocycles. The molecule has 2 heterocycles. The minimum Gasteiger partial charge on any atom is -0.379 e. The van der Waals surface area contributed by atoms with Gasteiger partial charge in [0, 0.05) is 24.0 Å². The monoisotopic (exact) mass is 331 g/mol. The molecule has 23 heavy (non-hydrogen) atoms. The molecule has 0 aliphatic carbocycles. The van der Waals surface area contributed by atoms with Gasteiger partial charge < -0.3 is 10.1 Å². The number of amides is 1. The normalized spacial score (nSPS) is 15.6. The summed E-state index contributed by atoms with van der Waals surface area (Å²) in [6, 6.07) is 6.32. The molecule has 1 saturated heterocycles. The number of hydrogen-bond acceptors (Lipinski definition) is 5. The number of ether oxygens (including phenoxy) is 1. The molecule has 0 atom stereocenters. The highest BCUT2D eigenvalue weighted by molar-refractivity contribution is 7.14. The van der Waals surface area contributed by atoms with E-state index in [9.17, 15) is 4.79 Å². The number of hydrogen-bond donors (Lipinski definition) is 1. The van der Waals surface area contributed by atoms with Gasteiger partial charge in [-0.2, -0.15) is 0 Å². The first-order valence-electron chi connectivity index (χ1n) is 7.75. The van der Waals surface area contributed by atoms with Gasteiger partial charge in [0.1, 0.15) is 0 Å². The fourth-order valence-electron chi connectivity index (χ4n) is 2.59. The van der Waals surface area contributed by atoms with Crippen molar-refractivity contribution in [1.82, 2.24) is 9.88 Å². The maximum atomic E-state index is 12.1. The number of benzene rings is 1. The number of aryl methyl sites for hydroxylation is 2. The van der Waals surface area contributed by atoms with Crippen molar-refractivity contribution in [3.05, 3.63) is 34.7 Å². The number of morpholine rings is 1. The Bertz CT molecular complexity index is 693. The molecule has 0 bridgehead atoms. The molecular formula is C17H21N3O2S. The molecule has 3 rings (SSSR count). The first-order chi connectivity index (χ1) is 11.1. The second-order valence-electron chi connectivity index (χ2n) is 5.79. The van der Waals surface area contributed by atoms with Crippen LogP contribution in [-0.2, 0) is 9.53 Å². The molecule has 1 aromatic carbocycles. The summed E-state index contributed by atoms with van der Waals surface area (Å²) < 4.78 is 5.29. The summed E-state index contributed by atoms with van der Waals surface area (Å²) in [5.74, 6) is -0.0197. The largest absolute Gasteiger partial charge is 0.379 e. The Labute approximate surface area is 140 Å². The zero-order chi connectivity index (χ0) is 16.2. The van der Waals surface area contributed by atoms with Crippen LogP contribution in [0.25, 0.3) is 11.3 Å². The first-order valence-corrected chi connectivity index (χ1v) is 8.63. The number of carbonyl (C=O) groups is 1. The number of carbonyl (C=O) groups excluding carboxylic acids is 1. The Morgan fingerprint density at radius 3 is 2.91 bits per heavy atom. The summed E-state index contributed by atoms with van der Waals surface area (Å²) in [5, 5.41) is 5.54. The fraction of sp³-hybridized carbons (Fsp3) is 0.412. The highest BCUT2D eigenvalue weighted by Gasteiger charge is 2.15. The van der Waals surface area contributed by atoms with Crippen molar-refractivity contribution < 1.29 is 9.53 Å². The SMILES string of the molecule is Cc1ccc(C)c(-c2csc(NC(=O)CN3CCOCC3)n2)c1. The van der Waals surface area contributed by atoms with Gasteiger partial charge in [0.25, 0.3) is 0 Å². The third-order valence-electron chi connectivity index (χ3n) is 3.89. The quantitative estimate of drug-likeness (QED) is 0.936. The van der Waals surface area contributed by atoms with E-state index in [0.29, 0.717) is 24.9 Å². The number of anilines is 1. The van der Waals surface area contributed by atoms with Crippen molar-refractivity contribution in [1.29, 1.82) is 0 Å². The molecule has 1 aliphatic rings. The average molecular weight is 331 g/mol. The van der Waals surface area contributed by atoms with Crippen LogP contribution in [0.4, 0.5) is 5.13 Å². The van der Waals surface area contributed by atoms with Crippen LogP contribution >= 0.6 is 11.3 Å². The lowest BCUT2D eigenvalue weighted by atomic mass is 10.0. The fourth-order valence-corrected chi connectivity index (χ4v) is 3.31. The summed E-state index contributed by atoms with van der Waals surface area (Å²) >= 11 is 1.46. The maximum Gasteiger partial charge on any atom is 0.240 e. The minimum atomic E-state index is -0.0197. The smallest absolute Gasteiger partial charge is 0.240 e. The maximum absolute atomic E-state index is 12.1. The van der Waals surface area contributed by atoms with Gasteiger partial charge in [-0.05, 0) is 25.5 Å². The minimum absolute atomic E-state index is 0.0197.